The fourth-order valence-electron chi connectivity index (χ4n) is 3.26. The largest absolute Gasteiger partial charge is 0.384 e. The lowest BCUT2D eigenvalue weighted by Crippen LogP contribution is -2.54. The number of anilines is 1. The van der Waals surface area contributed by atoms with Crippen molar-refractivity contribution in [2.45, 2.75) is 58.9 Å². The predicted molar refractivity (Wildman–Crippen MR) is 102 cm³/mol. The summed E-state index contributed by atoms with van der Waals surface area (Å²) in [6, 6.07) is 4.15. The molecule has 146 valence electrons. The van der Waals surface area contributed by atoms with E-state index in [0.717, 1.165) is 24.2 Å². The topological polar surface area (TPSA) is 95.6 Å². The summed E-state index contributed by atoms with van der Waals surface area (Å²) >= 11 is 0. The molecular formula is C20H27N3O4. The van der Waals surface area contributed by atoms with Gasteiger partial charge in [0.2, 0.25) is 11.8 Å². The van der Waals surface area contributed by atoms with E-state index in [-0.39, 0.29) is 18.7 Å². The molecule has 0 bridgehead atoms. The van der Waals surface area contributed by atoms with Crippen LogP contribution in [-0.4, -0.2) is 41.1 Å². The van der Waals surface area contributed by atoms with Crippen LogP contribution in [0.25, 0.3) is 0 Å². The van der Waals surface area contributed by atoms with E-state index >= 15 is 0 Å². The highest BCUT2D eigenvalue weighted by molar-refractivity contribution is 6.25. The van der Waals surface area contributed by atoms with Crippen LogP contribution in [0.15, 0.2) is 18.2 Å². The van der Waals surface area contributed by atoms with Gasteiger partial charge in [-0.3, -0.25) is 29.4 Å². The molecule has 2 heterocycles. The zero-order valence-corrected chi connectivity index (χ0v) is 16.1. The van der Waals surface area contributed by atoms with Gasteiger partial charge < -0.3 is 5.32 Å². The summed E-state index contributed by atoms with van der Waals surface area (Å²) in [6.45, 7) is 6.82. The minimum absolute atomic E-state index is 0.117. The minimum atomic E-state index is -0.932. The standard InChI is InChI=1S/C18H21N3O4.C2H6/c1-2-3-4-10-19-12-7-5-6-11-15(12)18(25)21(17(11)24)13-8-9-14(22)20-16(13)23;1-2/h5-7,13,19H,2-4,8-10H2,1H3,(H,20,22,23);1-2H3. The smallest absolute Gasteiger partial charge is 0.264 e. The second-order valence-electron chi connectivity index (χ2n) is 6.31. The molecule has 2 aliphatic heterocycles. The number of benzene rings is 1. The molecule has 3 rings (SSSR count). The van der Waals surface area contributed by atoms with E-state index in [0.29, 0.717) is 23.4 Å². The molecule has 1 aromatic carbocycles. The molecule has 1 fully saturated rings. The molecule has 0 radical (unpaired) electrons. The number of hydrogen-bond donors (Lipinski definition) is 2. The van der Waals surface area contributed by atoms with E-state index in [1.807, 2.05) is 13.8 Å². The monoisotopic (exact) mass is 373 g/mol. The van der Waals surface area contributed by atoms with Gasteiger partial charge in [0, 0.05) is 18.7 Å². The third-order valence-corrected chi connectivity index (χ3v) is 4.56. The third-order valence-electron chi connectivity index (χ3n) is 4.56. The lowest BCUT2D eigenvalue weighted by molar-refractivity contribution is -0.136. The zero-order valence-electron chi connectivity index (χ0n) is 16.1. The summed E-state index contributed by atoms with van der Waals surface area (Å²) in [4.78, 5) is 49.9. The first kappa shape index (κ1) is 20.6. The Morgan fingerprint density at radius 2 is 1.85 bits per heavy atom. The number of nitrogens with one attached hydrogen (secondary N) is 2. The summed E-state index contributed by atoms with van der Waals surface area (Å²) in [6.07, 6.45) is 3.42. The van der Waals surface area contributed by atoms with Crippen LogP contribution < -0.4 is 10.6 Å². The SMILES string of the molecule is CC.CCCCCNc1cccc2c1C(=O)N(C1CCC(=O)NC1=O)C2=O. The number of amides is 4. The summed E-state index contributed by atoms with van der Waals surface area (Å²) in [7, 11) is 0. The maximum absolute atomic E-state index is 12.8. The van der Waals surface area contributed by atoms with Crippen molar-refractivity contribution in [2.75, 3.05) is 11.9 Å². The van der Waals surface area contributed by atoms with Gasteiger partial charge in [-0.2, -0.15) is 0 Å². The molecule has 1 unspecified atom stereocenters. The first-order valence-corrected chi connectivity index (χ1v) is 9.63. The highest BCUT2D eigenvalue weighted by atomic mass is 16.2. The molecule has 1 atom stereocenters. The molecular weight excluding hydrogens is 346 g/mol. The molecule has 7 nitrogen and oxygen atoms in total. The number of carbonyl (C=O) groups excluding carboxylic acids is 4. The van der Waals surface area contributed by atoms with Crippen molar-refractivity contribution in [2.24, 2.45) is 0 Å². The maximum Gasteiger partial charge on any atom is 0.264 e. The second kappa shape index (κ2) is 9.30. The van der Waals surface area contributed by atoms with Gasteiger partial charge in [0.1, 0.15) is 6.04 Å². The van der Waals surface area contributed by atoms with E-state index < -0.39 is 23.8 Å². The highest BCUT2D eigenvalue weighted by Gasteiger charge is 2.45. The van der Waals surface area contributed by atoms with Gasteiger partial charge in [0.25, 0.3) is 11.8 Å². The molecule has 1 aromatic rings. The Morgan fingerprint density at radius 3 is 2.52 bits per heavy atom. The molecule has 2 N–H and O–H groups in total. The van der Waals surface area contributed by atoms with E-state index in [2.05, 4.69) is 17.6 Å². The van der Waals surface area contributed by atoms with Gasteiger partial charge in [0.05, 0.1) is 11.1 Å². The molecule has 7 heteroatoms. The van der Waals surface area contributed by atoms with Crippen LogP contribution in [0.1, 0.15) is 73.6 Å². The minimum Gasteiger partial charge on any atom is -0.384 e. The van der Waals surface area contributed by atoms with Crippen LogP contribution >= 0.6 is 0 Å². The Hall–Kier alpha value is -2.70. The fourth-order valence-corrected chi connectivity index (χ4v) is 3.26. The molecule has 1 saturated heterocycles. The lowest BCUT2D eigenvalue weighted by Gasteiger charge is -2.27. The van der Waals surface area contributed by atoms with Gasteiger partial charge in [-0.1, -0.05) is 39.7 Å². The lowest BCUT2D eigenvalue weighted by atomic mass is 10.0. The van der Waals surface area contributed by atoms with Crippen molar-refractivity contribution in [3.8, 4) is 0 Å². The zero-order chi connectivity index (χ0) is 20.0. The number of rotatable bonds is 6. The Morgan fingerprint density at radius 1 is 1.11 bits per heavy atom. The second-order valence-corrected chi connectivity index (χ2v) is 6.31. The van der Waals surface area contributed by atoms with E-state index in [9.17, 15) is 19.2 Å². The van der Waals surface area contributed by atoms with Crippen LogP contribution in [0.3, 0.4) is 0 Å². The van der Waals surface area contributed by atoms with Crippen molar-refractivity contribution >= 4 is 29.3 Å². The number of piperidine rings is 1. The van der Waals surface area contributed by atoms with Gasteiger partial charge in [-0.15, -0.1) is 0 Å². The van der Waals surface area contributed by atoms with E-state index in [1.165, 1.54) is 0 Å². The van der Waals surface area contributed by atoms with E-state index in [4.69, 9.17) is 0 Å². The quantitative estimate of drug-likeness (QED) is 0.590. The normalized spacial score (nSPS) is 18.6. The predicted octanol–water partition coefficient (Wildman–Crippen LogP) is 2.72. The molecule has 2 aliphatic rings. The Labute approximate surface area is 159 Å². The number of hydrogen-bond acceptors (Lipinski definition) is 5. The average molecular weight is 373 g/mol. The fraction of sp³-hybridized carbons (Fsp3) is 0.500. The summed E-state index contributed by atoms with van der Waals surface area (Å²) in [5, 5.41) is 5.42. The summed E-state index contributed by atoms with van der Waals surface area (Å²) in [5.41, 5.74) is 1.23. The van der Waals surface area contributed by atoms with Crippen LogP contribution in [-0.2, 0) is 9.59 Å². The van der Waals surface area contributed by atoms with Crippen molar-refractivity contribution in [1.82, 2.24) is 10.2 Å². The maximum atomic E-state index is 12.8. The van der Waals surface area contributed by atoms with Gasteiger partial charge in [0.15, 0.2) is 0 Å². The van der Waals surface area contributed by atoms with Crippen molar-refractivity contribution < 1.29 is 19.2 Å². The van der Waals surface area contributed by atoms with Crippen LogP contribution in [0.2, 0.25) is 0 Å². The van der Waals surface area contributed by atoms with Gasteiger partial charge in [-0.05, 0) is 25.0 Å². The number of unbranched alkanes of at least 4 members (excludes halogenated alkanes) is 2. The molecule has 0 aliphatic carbocycles. The molecule has 4 amide bonds. The molecule has 0 spiro atoms. The molecule has 0 saturated carbocycles. The average Bonchev–Trinajstić information content (AvgIpc) is 2.92. The Bertz CT molecular complexity index is 745. The Balaban J connectivity index is 0.00000126. The number of fused-ring (bicyclic) bond motifs is 1. The third kappa shape index (κ3) is 4.18. The van der Waals surface area contributed by atoms with Crippen molar-refractivity contribution in [3.05, 3.63) is 29.3 Å². The molecule has 27 heavy (non-hydrogen) atoms. The van der Waals surface area contributed by atoms with E-state index in [1.54, 1.807) is 18.2 Å². The summed E-state index contributed by atoms with van der Waals surface area (Å²) < 4.78 is 0. The van der Waals surface area contributed by atoms with Crippen LogP contribution in [0, 0.1) is 0 Å². The number of carbonyl (C=O) groups is 4. The highest BCUT2D eigenvalue weighted by Crippen LogP contribution is 2.32. The first-order chi connectivity index (χ1) is 13.0. The number of imide groups is 2. The molecule has 0 aromatic heterocycles. The van der Waals surface area contributed by atoms with Crippen molar-refractivity contribution in [1.29, 1.82) is 0 Å². The van der Waals surface area contributed by atoms with Gasteiger partial charge >= 0.3 is 0 Å². The summed E-state index contributed by atoms with van der Waals surface area (Å²) in [5.74, 6) is -1.93. The van der Waals surface area contributed by atoms with Gasteiger partial charge in [-0.25, -0.2) is 0 Å². The van der Waals surface area contributed by atoms with Crippen molar-refractivity contribution in [3.63, 3.8) is 0 Å². The first-order valence-electron chi connectivity index (χ1n) is 9.63. The van der Waals surface area contributed by atoms with Crippen LogP contribution in [0.4, 0.5) is 5.69 Å². The number of nitrogens with zero attached hydrogens (tertiary/aromatic N) is 1. The van der Waals surface area contributed by atoms with Crippen LogP contribution in [0.5, 0.6) is 0 Å². The Kier molecular flexibility index (Phi) is 7.10.